The molecule has 132 valence electrons. The van der Waals surface area contributed by atoms with Crippen molar-refractivity contribution in [3.8, 4) is 0 Å². The molecule has 0 spiro atoms. The van der Waals surface area contributed by atoms with E-state index in [1.54, 1.807) is 4.68 Å². The van der Waals surface area contributed by atoms with Crippen molar-refractivity contribution in [1.82, 2.24) is 24.6 Å². The minimum Gasteiger partial charge on any atom is -0.476 e. The molecule has 2 aromatic rings. The lowest BCUT2D eigenvalue weighted by atomic mass is 10.2. The van der Waals surface area contributed by atoms with Crippen LogP contribution in [0.25, 0.3) is 0 Å². The van der Waals surface area contributed by atoms with Gasteiger partial charge in [-0.25, -0.2) is 9.78 Å². The summed E-state index contributed by atoms with van der Waals surface area (Å²) >= 11 is 0. The van der Waals surface area contributed by atoms with Gasteiger partial charge in [0.15, 0.2) is 5.69 Å². The van der Waals surface area contributed by atoms with Gasteiger partial charge in [0, 0.05) is 25.2 Å². The summed E-state index contributed by atoms with van der Waals surface area (Å²) in [7, 11) is 0. The minimum atomic E-state index is -1.11. The van der Waals surface area contributed by atoms with E-state index >= 15 is 0 Å². The van der Waals surface area contributed by atoms with Gasteiger partial charge in [0.05, 0.1) is 12.2 Å². The molecule has 3 rings (SSSR count). The lowest BCUT2D eigenvalue weighted by molar-refractivity contribution is 0.0689. The van der Waals surface area contributed by atoms with E-state index in [2.05, 4.69) is 15.1 Å². The number of nitrogens with zero attached hydrogens (tertiary/aromatic N) is 4. The van der Waals surface area contributed by atoms with Crippen LogP contribution in [0, 0.1) is 0 Å². The zero-order valence-electron chi connectivity index (χ0n) is 14.0. The van der Waals surface area contributed by atoms with Crippen LogP contribution in [-0.2, 0) is 13.1 Å². The zero-order chi connectivity index (χ0) is 18.1. The summed E-state index contributed by atoms with van der Waals surface area (Å²) in [6, 6.07) is 1.46. The van der Waals surface area contributed by atoms with Gasteiger partial charge in [-0.15, -0.1) is 0 Å². The summed E-state index contributed by atoms with van der Waals surface area (Å²) in [5, 5.41) is 13.1. The van der Waals surface area contributed by atoms with Gasteiger partial charge in [-0.05, 0) is 12.5 Å². The summed E-state index contributed by atoms with van der Waals surface area (Å²) in [5.41, 5.74) is 0.0973. The van der Waals surface area contributed by atoms with Gasteiger partial charge in [0.2, 0.25) is 0 Å². The summed E-state index contributed by atoms with van der Waals surface area (Å²) < 4.78 is 1.60. The quantitative estimate of drug-likeness (QED) is 0.850. The molecule has 1 aliphatic heterocycles. The van der Waals surface area contributed by atoms with Crippen LogP contribution >= 0.6 is 0 Å². The number of H-pyrrole nitrogens is 1. The van der Waals surface area contributed by atoms with Gasteiger partial charge in [-0.2, -0.15) is 5.10 Å². The first-order valence-electron chi connectivity index (χ1n) is 8.05. The van der Waals surface area contributed by atoms with Gasteiger partial charge in [-0.1, -0.05) is 13.8 Å². The van der Waals surface area contributed by atoms with Crippen molar-refractivity contribution in [1.29, 1.82) is 0 Å². The van der Waals surface area contributed by atoms with E-state index in [-0.39, 0.29) is 23.7 Å². The number of carbonyl (C=O) groups excluding carboxylic acids is 1. The van der Waals surface area contributed by atoms with Crippen molar-refractivity contribution in [2.75, 3.05) is 6.54 Å². The summed E-state index contributed by atoms with van der Waals surface area (Å²) in [6.45, 7) is 4.97. The largest absolute Gasteiger partial charge is 0.476 e. The van der Waals surface area contributed by atoms with E-state index in [0.29, 0.717) is 31.0 Å². The van der Waals surface area contributed by atoms with E-state index in [9.17, 15) is 14.4 Å². The monoisotopic (exact) mass is 345 g/mol. The lowest BCUT2D eigenvalue weighted by Gasteiger charge is -2.19. The predicted octanol–water partition coefficient (Wildman–Crippen LogP) is 0.834. The molecule has 1 amide bonds. The van der Waals surface area contributed by atoms with Crippen LogP contribution in [0.3, 0.4) is 0 Å². The Labute approximate surface area is 143 Å². The highest BCUT2D eigenvalue weighted by Crippen LogP contribution is 2.16. The Balaban J connectivity index is 1.87. The van der Waals surface area contributed by atoms with Crippen LogP contribution < -0.4 is 5.56 Å². The van der Waals surface area contributed by atoms with E-state index in [1.807, 2.05) is 13.8 Å². The first-order chi connectivity index (χ1) is 11.9. The predicted molar refractivity (Wildman–Crippen MR) is 87.5 cm³/mol. The van der Waals surface area contributed by atoms with Crippen molar-refractivity contribution in [3.63, 3.8) is 0 Å². The Morgan fingerprint density at radius 1 is 1.32 bits per heavy atom. The number of hydrogen-bond donors (Lipinski definition) is 2. The SMILES string of the molecule is CC(C)c1ncc(C(=O)N2CCCn3nc(C(=O)O)cc3C2)c(=O)[nH]1. The molecule has 0 unspecified atom stereocenters. The number of fused-ring (bicyclic) bond motifs is 1. The number of aryl methyl sites for hydroxylation is 1. The van der Waals surface area contributed by atoms with Gasteiger partial charge < -0.3 is 15.0 Å². The van der Waals surface area contributed by atoms with Gasteiger partial charge in [0.1, 0.15) is 11.4 Å². The molecule has 9 nitrogen and oxygen atoms in total. The maximum atomic E-state index is 12.7. The number of aromatic nitrogens is 4. The molecule has 0 saturated carbocycles. The second-order valence-electron chi connectivity index (χ2n) is 6.30. The lowest BCUT2D eigenvalue weighted by Crippen LogP contribution is -2.35. The Morgan fingerprint density at radius 3 is 2.72 bits per heavy atom. The molecule has 0 atom stereocenters. The van der Waals surface area contributed by atoms with E-state index in [1.165, 1.54) is 17.2 Å². The smallest absolute Gasteiger partial charge is 0.356 e. The highest BCUT2D eigenvalue weighted by Gasteiger charge is 2.25. The summed E-state index contributed by atoms with van der Waals surface area (Å²) in [5.74, 6) is -0.945. The zero-order valence-corrected chi connectivity index (χ0v) is 14.0. The molecule has 2 N–H and O–H groups in total. The Morgan fingerprint density at radius 2 is 2.08 bits per heavy atom. The van der Waals surface area contributed by atoms with Crippen molar-refractivity contribution in [2.45, 2.75) is 39.3 Å². The number of amides is 1. The Hall–Kier alpha value is -2.97. The van der Waals surface area contributed by atoms with Crippen LogP contribution in [-0.4, -0.2) is 48.2 Å². The third-order valence-electron chi connectivity index (χ3n) is 4.12. The second kappa shape index (κ2) is 6.50. The molecule has 25 heavy (non-hydrogen) atoms. The van der Waals surface area contributed by atoms with E-state index < -0.39 is 17.4 Å². The highest BCUT2D eigenvalue weighted by molar-refractivity contribution is 5.93. The second-order valence-corrected chi connectivity index (χ2v) is 6.30. The van der Waals surface area contributed by atoms with Crippen molar-refractivity contribution >= 4 is 11.9 Å². The van der Waals surface area contributed by atoms with Crippen LogP contribution in [0.2, 0.25) is 0 Å². The van der Waals surface area contributed by atoms with Crippen LogP contribution in [0.1, 0.15) is 58.6 Å². The number of aromatic carboxylic acids is 1. The number of carboxylic acids is 1. The summed E-state index contributed by atoms with van der Waals surface area (Å²) in [4.78, 5) is 44.3. The fourth-order valence-corrected chi connectivity index (χ4v) is 2.76. The molecule has 0 radical (unpaired) electrons. The third-order valence-corrected chi connectivity index (χ3v) is 4.12. The van der Waals surface area contributed by atoms with E-state index in [4.69, 9.17) is 5.11 Å². The maximum Gasteiger partial charge on any atom is 0.356 e. The number of carbonyl (C=O) groups is 2. The van der Waals surface area contributed by atoms with Crippen molar-refractivity contribution in [2.24, 2.45) is 0 Å². The molecule has 3 heterocycles. The van der Waals surface area contributed by atoms with Crippen molar-refractivity contribution in [3.05, 3.63) is 45.4 Å². The molecular weight excluding hydrogens is 326 g/mol. The number of aromatic amines is 1. The fourth-order valence-electron chi connectivity index (χ4n) is 2.76. The van der Waals surface area contributed by atoms with Crippen LogP contribution in [0.15, 0.2) is 17.1 Å². The molecule has 0 aliphatic carbocycles. The van der Waals surface area contributed by atoms with Gasteiger partial charge >= 0.3 is 5.97 Å². The molecule has 9 heteroatoms. The number of hydrogen-bond acceptors (Lipinski definition) is 5. The first kappa shape index (κ1) is 16.9. The third kappa shape index (κ3) is 3.30. The number of carboxylic acid groups (broad SMARTS) is 1. The summed E-state index contributed by atoms with van der Waals surface area (Å²) in [6.07, 6.45) is 1.93. The Kier molecular flexibility index (Phi) is 4.39. The Bertz CT molecular complexity index is 883. The molecule has 2 aromatic heterocycles. The number of nitrogens with one attached hydrogen (secondary N) is 1. The molecule has 0 aromatic carbocycles. The number of rotatable bonds is 3. The van der Waals surface area contributed by atoms with Crippen LogP contribution in [0.5, 0.6) is 0 Å². The minimum absolute atomic E-state index is 0.0178. The fraction of sp³-hybridized carbons (Fsp3) is 0.438. The highest BCUT2D eigenvalue weighted by atomic mass is 16.4. The van der Waals surface area contributed by atoms with Crippen LogP contribution in [0.4, 0.5) is 0 Å². The molecule has 1 aliphatic rings. The molecule has 0 bridgehead atoms. The standard InChI is InChI=1S/C16H19N5O4/c1-9(2)13-17-7-11(14(22)18-13)15(23)20-4-3-5-21-10(8-20)6-12(19-21)16(24)25/h6-7,9H,3-5,8H2,1-2H3,(H,24,25)(H,17,18,22). The average Bonchev–Trinajstić information content (AvgIpc) is 2.86. The van der Waals surface area contributed by atoms with Gasteiger partial charge in [0.25, 0.3) is 11.5 Å². The molecular formula is C16H19N5O4. The molecule has 0 saturated heterocycles. The van der Waals surface area contributed by atoms with Gasteiger partial charge in [-0.3, -0.25) is 14.3 Å². The topological polar surface area (TPSA) is 121 Å². The van der Waals surface area contributed by atoms with Crippen molar-refractivity contribution < 1.29 is 14.7 Å². The average molecular weight is 345 g/mol. The maximum absolute atomic E-state index is 12.7. The van der Waals surface area contributed by atoms with E-state index in [0.717, 1.165) is 0 Å². The normalized spacial score (nSPS) is 14.3. The molecule has 0 fully saturated rings. The first-order valence-corrected chi connectivity index (χ1v) is 8.05.